The van der Waals surface area contributed by atoms with E-state index in [1.54, 1.807) is 0 Å². The summed E-state index contributed by atoms with van der Waals surface area (Å²) >= 11 is 0. The maximum atomic E-state index is 11.5. The van der Waals surface area contributed by atoms with Crippen LogP contribution in [-0.2, 0) is 9.53 Å². The molecule has 1 amide bonds. The van der Waals surface area contributed by atoms with Crippen LogP contribution in [0.4, 0.5) is 0 Å². The summed E-state index contributed by atoms with van der Waals surface area (Å²) in [5.74, 6) is -0.330. The second-order valence-electron chi connectivity index (χ2n) is 5.71. The molecule has 0 aliphatic rings. The number of hydrogen-bond acceptors (Lipinski definition) is 3. The molecule has 0 spiro atoms. The average Bonchev–Trinajstić information content (AvgIpc) is 2.16. The van der Waals surface area contributed by atoms with Crippen molar-refractivity contribution in [2.45, 2.75) is 71.6 Å². The van der Waals surface area contributed by atoms with Gasteiger partial charge in [-0.05, 0) is 47.5 Å². The largest absolute Gasteiger partial charge is 0.376 e. The number of rotatable bonds is 8. The highest BCUT2D eigenvalue weighted by Crippen LogP contribution is 2.17. The first-order chi connectivity index (χ1) is 7.63. The molecule has 17 heavy (non-hydrogen) atoms. The van der Waals surface area contributed by atoms with Crippen molar-refractivity contribution in [3.05, 3.63) is 0 Å². The van der Waals surface area contributed by atoms with Gasteiger partial charge in [0.2, 0.25) is 5.91 Å². The molecule has 0 aliphatic carbocycles. The van der Waals surface area contributed by atoms with E-state index in [-0.39, 0.29) is 17.6 Å². The molecule has 1 atom stereocenters. The Morgan fingerprint density at radius 2 is 1.88 bits per heavy atom. The second kappa shape index (κ2) is 6.36. The molecule has 0 saturated carbocycles. The molecule has 3 N–H and O–H groups in total. The van der Waals surface area contributed by atoms with Gasteiger partial charge >= 0.3 is 0 Å². The molecular weight excluding hydrogens is 216 g/mol. The Labute approximate surface area is 105 Å². The molecule has 0 aromatic carbocycles. The Bertz CT molecular complexity index is 252. The van der Waals surface area contributed by atoms with E-state index in [0.717, 1.165) is 6.42 Å². The number of nitrogens with two attached hydrogens (primary N) is 1. The predicted molar refractivity (Wildman–Crippen MR) is 70.8 cm³/mol. The molecule has 0 aromatic rings. The molecule has 4 nitrogen and oxygen atoms in total. The van der Waals surface area contributed by atoms with E-state index in [2.05, 4.69) is 12.2 Å². The molecule has 0 saturated heterocycles. The third kappa shape index (κ3) is 6.03. The van der Waals surface area contributed by atoms with Gasteiger partial charge in [0.25, 0.3) is 0 Å². The molecule has 1 unspecified atom stereocenters. The van der Waals surface area contributed by atoms with Gasteiger partial charge in [0.15, 0.2) is 0 Å². The number of carbonyl (C=O) groups excluding carboxylic acids is 1. The predicted octanol–water partition coefficient (Wildman–Crippen LogP) is 1.82. The second-order valence-corrected chi connectivity index (χ2v) is 5.71. The van der Waals surface area contributed by atoms with E-state index in [0.29, 0.717) is 13.0 Å². The van der Waals surface area contributed by atoms with Crippen molar-refractivity contribution in [1.29, 1.82) is 0 Å². The summed E-state index contributed by atoms with van der Waals surface area (Å²) in [6.45, 7) is 12.5. The van der Waals surface area contributed by atoms with Crippen molar-refractivity contribution in [3.63, 3.8) is 0 Å². The lowest BCUT2D eigenvalue weighted by atomic mass is 9.96. The first-order valence-corrected chi connectivity index (χ1v) is 6.34. The summed E-state index contributed by atoms with van der Waals surface area (Å²) in [4.78, 5) is 11.5. The Morgan fingerprint density at radius 1 is 1.35 bits per heavy atom. The lowest BCUT2D eigenvalue weighted by Gasteiger charge is -2.31. The molecule has 0 radical (unpaired) electrons. The quantitative estimate of drug-likeness (QED) is 0.684. The maximum Gasteiger partial charge on any atom is 0.237 e. The Hall–Kier alpha value is -0.610. The fraction of sp³-hybridized carbons (Fsp3) is 0.923. The molecule has 0 rings (SSSR count). The molecule has 0 heterocycles. The first-order valence-electron chi connectivity index (χ1n) is 6.34. The van der Waals surface area contributed by atoms with E-state index >= 15 is 0 Å². The number of carbonyl (C=O) groups is 1. The monoisotopic (exact) mass is 244 g/mol. The smallest absolute Gasteiger partial charge is 0.237 e. The van der Waals surface area contributed by atoms with E-state index in [1.165, 1.54) is 0 Å². The number of amides is 1. The van der Waals surface area contributed by atoms with Gasteiger partial charge in [-0.15, -0.1) is 0 Å². The van der Waals surface area contributed by atoms with Crippen LogP contribution in [0.1, 0.15) is 54.4 Å². The summed E-state index contributed by atoms with van der Waals surface area (Å²) in [5.41, 5.74) is 4.61. The van der Waals surface area contributed by atoms with Gasteiger partial charge < -0.3 is 15.8 Å². The lowest BCUT2D eigenvalue weighted by molar-refractivity contribution is -0.125. The standard InChI is InChI=1S/C13H28N2O2/c1-7-12(4,5)17-9-8-13(6,11(14)16)15-10(2)3/h10,15H,7-9H2,1-6H3,(H2,14,16). The van der Waals surface area contributed by atoms with Gasteiger partial charge in [0, 0.05) is 12.6 Å². The molecule has 102 valence electrons. The van der Waals surface area contributed by atoms with Crippen LogP contribution >= 0.6 is 0 Å². The third-order valence-electron chi connectivity index (χ3n) is 3.10. The average molecular weight is 244 g/mol. The molecule has 0 bridgehead atoms. The van der Waals surface area contributed by atoms with Crippen molar-refractivity contribution in [3.8, 4) is 0 Å². The molecule has 0 aliphatic heterocycles. The Balaban J connectivity index is 4.33. The summed E-state index contributed by atoms with van der Waals surface area (Å²) in [7, 11) is 0. The zero-order valence-corrected chi connectivity index (χ0v) is 12.1. The summed E-state index contributed by atoms with van der Waals surface area (Å²) in [6.07, 6.45) is 1.53. The van der Waals surface area contributed by atoms with E-state index in [4.69, 9.17) is 10.5 Å². The van der Waals surface area contributed by atoms with Crippen LogP contribution in [0.25, 0.3) is 0 Å². The lowest BCUT2D eigenvalue weighted by Crippen LogP contribution is -2.56. The van der Waals surface area contributed by atoms with Crippen LogP contribution in [0, 0.1) is 0 Å². The summed E-state index contributed by atoms with van der Waals surface area (Å²) in [6, 6.07) is 0.215. The Kier molecular flexibility index (Phi) is 6.13. The number of nitrogens with one attached hydrogen (secondary N) is 1. The van der Waals surface area contributed by atoms with Gasteiger partial charge in [-0.25, -0.2) is 0 Å². The van der Waals surface area contributed by atoms with Crippen molar-refractivity contribution in [2.75, 3.05) is 6.61 Å². The van der Waals surface area contributed by atoms with Gasteiger partial charge in [-0.3, -0.25) is 4.79 Å². The third-order valence-corrected chi connectivity index (χ3v) is 3.10. The summed E-state index contributed by atoms with van der Waals surface area (Å²) in [5, 5.41) is 3.21. The minimum Gasteiger partial charge on any atom is -0.376 e. The van der Waals surface area contributed by atoms with Crippen molar-refractivity contribution in [1.82, 2.24) is 5.32 Å². The van der Waals surface area contributed by atoms with Crippen LogP contribution in [0.15, 0.2) is 0 Å². The molecule has 0 fully saturated rings. The van der Waals surface area contributed by atoms with Crippen LogP contribution in [-0.4, -0.2) is 29.7 Å². The van der Waals surface area contributed by atoms with Crippen molar-refractivity contribution >= 4 is 5.91 Å². The highest BCUT2D eigenvalue weighted by Gasteiger charge is 2.31. The van der Waals surface area contributed by atoms with Crippen LogP contribution < -0.4 is 11.1 Å². The zero-order chi connectivity index (χ0) is 13.7. The first kappa shape index (κ1) is 16.4. The van der Waals surface area contributed by atoms with Crippen LogP contribution in [0.5, 0.6) is 0 Å². The SMILES string of the molecule is CCC(C)(C)OCCC(C)(NC(C)C)C(N)=O. The summed E-state index contributed by atoms with van der Waals surface area (Å²) < 4.78 is 5.76. The normalized spacial score (nSPS) is 15.9. The van der Waals surface area contributed by atoms with Gasteiger partial charge in [0.1, 0.15) is 0 Å². The van der Waals surface area contributed by atoms with Crippen molar-refractivity contribution in [2.24, 2.45) is 5.73 Å². The van der Waals surface area contributed by atoms with Gasteiger partial charge in [-0.1, -0.05) is 6.92 Å². The van der Waals surface area contributed by atoms with E-state index in [9.17, 15) is 4.79 Å². The highest BCUT2D eigenvalue weighted by molar-refractivity contribution is 5.84. The van der Waals surface area contributed by atoms with Gasteiger partial charge in [0.05, 0.1) is 11.1 Å². The fourth-order valence-electron chi connectivity index (χ4n) is 1.54. The molecule has 0 aromatic heterocycles. The van der Waals surface area contributed by atoms with Crippen LogP contribution in [0.3, 0.4) is 0 Å². The number of primary amides is 1. The highest BCUT2D eigenvalue weighted by atomic mass is 16.5. The number of ether oxygens (including phenoxy) is 1. The Morgan fingerprint density at radius 3 is 2.24 bits per heavy atom. The fourth-order valence-corrected chi connectivity index (χ4v) is 1.54. The maximum absolute atomic E-state index is 11.5. The topological polar surface area (TPSA) is 64.3 Å². The molecular formula is C13H28N2O2. The molecule has 4 heteroatoms. The minimum absolute atomic E-state index is 0.142. The number of hydrogen-bond donors (Lipinski definition) is 2. The van der Waals surface area contributed by atoms with Gasteiger partial charge in [-0.2, -0.15) is 0 Å². The van der Waals surface area contributed by atoms with Crippen molar-refractivity contribution < 1.29 is 9.53 Å². The zero-order valence-electron chi connectivity index (χ0n) is 12.1. The minimum atomic E-state index is -0.696. The van der Waals surface area contributed by atoms with E-state index in [1.807, 2.05) is 34.6 Å². The van der Waals surface area contributed by atoms with E-state index < -0.39 is 5.54 Å². The van der Waals surface area contributed by atoms with Crippen LogP contribution in [0.2, 0.25) is 0 Å².